The number of hydrogen-bond acceptors (Lipinski definition) is 3. The Morgan fingerprint density at radius 1 is 0.429 bits per heavy atom. The summed E-state index contributed by atoms with van der Waals surface area (Å²) >= 11 is 0. The van der Waals surface area contributed by atoms with Crippen LogP contribution in [0, 0.1) is 0 Å². The predicted molar refractivity (Wildman–Crippen MR) is 152 cm³/mol. The van der Waals surface area contributed by atoms with Crippen molar-refractivity contribution in [1.29, 1.82) is 0 Å². The third kappa shape index (κ3) is 28.7. The molecule has 0 atom stereocenters. The summed E-state index contributed by atoms with van der Waals surface area (Å²) in [7, 11) is 0. The molecule has 0 aromatic rings. The van der Waals surface area contributed by atoms with E-state index in [1.807, 2.05) is 0 Å². The summed E-state index contributed by atoms with van der Waals surface area (Å²) in [6.07, 6.45) is 36.4. The maximum Gasteiger partial charge on any atom is 0.313 e. The number of ether oxygens (including phenoxy) is 1. The fourth-order valence-electron chi connectivity index (χ4n) is 4.20. The van der Waals surface area contributed by atoms with E-state index in [1.54, 1.807) is 0 Å². The lowest BCUT2D eigenvalue weighted by atomic mass is 10.1. The second-order valence-electron chi connectivity index (χ2n) is 10.1. The van der Waals surface area contributed by atoms with Crippen LogP contribution in [0.4, 0.5) is 0 Å². The zero-order valence-electron chi connectivity index (χ0n) is 23.5. The lowest BCUT2D eigenvalue weighted by Gasteiger charge is -2.04. The first-order valence-corrected chi connectivity index (χ1v) is 15.2. The van der Waals surface area contributed by atoms with E-state index >= 15 is 0 Å². The van der Waals surface area contributed by atoms with Gasteiger partial charge in [-0.15, -0.1) is 0 Å². The molecule has 0 rings (SSSR count). The quantitative estimate of drug-likeness (QED) is 0.0524. The zero-order valence-corrected chi connectivity index (χ0v) is 23.5. The lowest BCUT2D eigenvalue weighted by Crippen LogP contribution is -2.11. The topological polar surface area (TPSA) is 43.4 Å². The van der Waals surface area contributed by atoms with Crippen LogP contribution < -0.4 is 0 Å². The largest absolute Gasteiger partial charge is 0.393 e. The average Bonchev–Trinajstić information content (AvgIpc) is 2.85. The smallest absolute Gasteiger partial charge is 0.313 e. The Kier molecular flexibility index (Phi) is 27.7. The standard InChI is InChI=1S/C32H58O3/c1-3-5-7-9-11-13-15-17-19-21-23-25-27-29-31(33)35-32(34)30-28-26-24-22-20-18-16-14-12-10-8-6-4-2/h13-16H,3-12,17-30H2,1-2H3/b15-13-,16-14-. The Morgan fingerprint density at radius 3 is 1.06 bits per heavy atom. The minimum atomic E-state index is -0.345. The molecule has 0 aromatic carbocycles. The molecule has 0 aromatic heterocycles. The van der Waals surface area contributed by atoms with Gasteiger partial charge < -0.3 is 4.74 Å². The number of unbranched alkanes of at least 4 members (excludes halogenated alkanes) is 18. The van der Waals surface area contributed by atoms with Crippen molar-refractivity contribution in [2.75, 3.05) is 0 Å². The van der Waals surface area contributed by atoms with Gasteiger partial charge in [-0.2, -0.15) is 0 Å². The monoisotopic (exact) mass is 490 g/mol. The van der Waals surface area contributed by atoms with Crippen molar-refractivity contribution in [3.05, 3.63) is 24.3 Å². The van der Waals surface area contributed by atoms with Gasteiger partial charge in [-0.25, -0.2) is 0 Å². The summed E-state index contributed by atoms with van der Waals surface area (Å²) in [5.41, 5.74) is 0. The molecule has 0 unspecified atom stereocenters. The van der Waals surface area contributed by atoms with Crippen LogP contribution in [0.5, 0.6) is 0 Å². The number of rotatable bonds is 26. The highest BCUT2D eigenvalue weighted by Gasteiger charge is 2.09. The van der Waals surface area contributed by atoms with E-state index in [4.69, 9.17) is 4.74 Å². The first kappa shape index (κ1) is 33.6. The van der Waals surface area contributed by atoms with E-state index in [1.165, 1.54) is 103 Å². The van der Waals surface area contributed by atoms with Crippen LogP contribution in [0.15, 0.2) is 24.3 Å². The highest BCUT2D eigenvalue weighted by atomic mass is 16.6. The molecule has 3 heteroatoms. The number of esters is 2. The van der Waals surface area contributed by atoms with Crippen molar-refractivity contribution < 1.29 is 14.3 Å². The Morgan fingerprint density at radius 2 is 0.714 bits per heavy atom. The van der Waals surface area contributed by atoms with Gasteiger partial charge in [0, 0.05) is 12.8 Å². The summed E-state index contributed by atoms with van der Waals surface area (Å²) < 4.78 is 4.97. The SMILES string of the molecule is CCCCCC/C=C\CCCCCCCC(=O)OC(=O)CCCCCCC/C=C\CCCCCC. The summed E-state index contributed by atoms with van der Waals surface area (Å²) in [6, 6.07) is 0. The summed E-state index contributed by atoms with van der Waals surface area (Å²) in [5, 5.41) is 0. The van der Waals surface area contributed by atoms with Gasteiger partial charge in [0.15, 0.2) is 0 Å². The molecular formula is C32H58O3. The average molecular weight is 491 g/mol. The molecule has 3 nitrogen and oxygen atoms in total. The number of allylic oxidation sites excluding steroid dienone is 4. The van der Waals surface area contributed by atoms with Crippen molar-refractivity contribution in [3.63, 3.8) is 0 Å². The maximum absolute atomic E-state index is 11.8. The van der Waals surface area contributed by atoms with Gasteiger partial charge in [0.25, 0.3) is 0 Å². The Balaban J connectivity index is 3.38. The third-order valence-corrected chi connectivity index (χ3v) is 6.51. The van der Waals surface area contributed by atoms with Crippen molar-refractivity contribution in [2.24, 2.45) is 0 Å². The van der Waals surface area contributed by atoms with Crippen molar-refractivity contribution in [3.8, 4) is 0 Å². The van der Waals surface area contributed by atoms with Crippen LogP contribution in [-0.4, -0.2) is 11.9 Å². The number of hydrogen-bond donors (Lipinski definition) is 0. The molecule has 0 amide bonds. The lowest BCUT2D eigenvalue weighted by molar-refractivity contribution is -0.159. The van der Waals surface area contributed by atoms with Crippen LogP contribution in [-0.2, 0) is 14.3 Å². The molecule has 0 saturated carbocycles. The molecule has 0 spiro atoms. The first-order valence-electron chi connectivity index (χ1n) is 15.2. The highest BCUT2D eigenvalue weighted by Crippen LogP contribution is 2.11. The molecule has 0 fully saturated rings. The molecule has 0 bridgehead atoms. The van der Waals surface area contributed by atoms with Crippen LogP contribution in [0.1, 0.15) is 168 Å². The van der Waals surface area contributed by atoms with Gasteiger partial charge in [-0.1, -0.05) is 115 Å². The van der Waals surface area contributed by atoms with E-state index in [-0.39, 0.29) is 11.9 Å². The molecule has 0 aliphatic rings. The van der Waals surface area contributed by atoms with Crippen LogP contribution in [0.3, 0.4) is 0 Å². The fraction of sp³-hybridized carbons (Fsp3) is 0.812. The number of carbonyl (C=O) groups is 2. The van der Waals surface area contributed by atoms with Crippen molar-refractivity contribution in [2.45, 2.75) is 168 Å². The highest BCUT2D eigenvalue weighted by molar-refractivity contribution is 5.85. The molecule has 204 valence electrons. The minimum absolute atomic E-state index is 0.345. The fourth-order valence-corrected chi connectivity index (χ4v) is 4.20. The Hall–Kier alpha value is -1.38. The normalized spacial score (nSPS) is 11.6. The predicted octanol–water partition coefficient (Wildman–Crippen LogP) is 10.6. The summed E-state index contributed by atoms with van der Waals surface area (Å²) in [5.74, 6) is -0.690. The third-order valence-electron chi connectivity index (χ3n) is 6.51. The van der Waals surface area contributed by atoms with Crippen LogP contribution in [0.25, 0.3) is 0 Å². The van der Waals surface area contributed by atoms with Gasteiger partial charge in [-0.3, -0.25) is 9.59 Å². The molecule has 0 heterocycles. The minimum Gasteiger partial charge on any atom is -0.393 e. The van der Waals surface area contributed by atoms with E-state index in [2.05, 4.69) is 38.2 Å². The maximum atomic E-state index is 11.8. The summed E-state index contributed by atoms with van der Waals surface area (Å²) in [4.78, 5) is 23.7. The van der Waals surface area contributed by atoms with Crippen molar-refractivity contribution >= 4 is 11.9 Å². The zero-order chi connectivity index (χ0) is 25.7. The van der Waals surface area contributed by atoms with Crippen LogP contribution >= 0.6 is 0 Å². The van der Waals surface area contributed by atoms with Gasteiger partial charge in [0.1, 0.15) is 0 Å². The van der Waals surface area contributed by atoms with Gasteiger partial charge in [-0.05, 0) is 64.2 Å². The molecule has 0 radical (unpaired) electrons. The first-order chi connectivity index (χ1) is 17.2. The van der Waals surface area contributed by atoms with E-state index in [0.29, 0.717) is 12.8 Å². The molecule has 0 aliphatic heterocycles. The molecular weight excluding hydrogens is 432 g/mol. The number of carbonyl (C=O) groups excluding carboxylic acids is 2. The molecule has 0 saturated heterocycles. The summed E-state index contributed by atoms with van der Waals surface area (Å²) in [6.45, 7) is 4.50. The Bertz CT molecular complexity index is 475. The molecule has 0 aliphatic carbocycles. The van der Waals surface area contributed by atoms with Gasteiger partial charge in [0.2, 0.25) is 0 Å². The molecule has 35 heavy (non-hydrogen) atoms. The van der Waals surface area contributed by atoms with E-state index in [0.717, 1.165) is 38.5 Å². The molecule has 0 N–H and O–H groups in total. The van der Waals surface area contributed by atoms with Crippen molar-refractivity contribution in [1.82, 2.24) is 0 Å². The van der Waals surface area contributed by atoms with Gasteiger partial charge >= 0.3 is 11.9 Å². The Labute approximate surface area is 218 Å². The van der Waals surface area contributed by atoms with Crippen LogP contribution in [0.2, 0.25) is 0 Å². The second kappa shape index (κ2) is 28.9. The van der Waals surface area contributed by atoms with E-state index in [9.17, 15) is 9.59 Å². The van der Waals surface area contributed by atoms with Gasteiger partial charge in [0.05, 0.1) is 0 Å². The van der Waals surface area contributed by atoms with E-state index < -0.39 is 0 Å². The second-order valence-corrected chi connectivity index (χ2v) is 10.1.